The van der Waals surface area contributed by atoms with Crippen molar-refractivity contribution in [2.24, 2.45) is 0 Å². The quantitative estimate of drug-likeness (QED) is 0.0899. The lowest BCUT2D eigenvalue weighted by atomic mass is 9.97. The number of carbonyl (C=O) groups is 1. The summed E-state index contributed by atoms with van der Waals surface area (Å²) in [5.41, 5.74) is 3.78. The molecule has 1 aliphatic carbocycles. The molecule has 0 amide bonds. The first kappa shape index (κ1) is 30.9. The Bertz CT molecular complexity index is 1130. The van der Waals surface area contributed by atoms with Gasteiger partial charge in [-0.05, 0) is 85.2 Å². The van der Waals surface area contributed by atoms with Crippen LogP contribution in [0.1, 0.15) is 99.9 Å². The van der Waals surface area contributed by atoms with Gasteiger partial charge in [0, 0.05) is 5.92 Å². The van der Waals surface area contributed by atoms with Crippen LogP contribution >= 0.6 is 0 Å². The van der Waals surface area contributed by atoms with E-state index >= 15 is 0 Å². The molecule has 41 heavy (non-hydrogen) atoms. The Kier molecular flexibility index (Phi) is 13.3. The lowest BCUT2D eigenvalue weighted by Crippen LogP contribution is -2.08. The average molecular weight is 550 g/mol. The maximum Gasteiger partial charge on any atom is 0.343 e. The van der Waals surface area contributed by atoms with Crippen LogP contribution in [-0.4, -0.2) is 12.6 Å². The fraction of sp³-hybridized carbons (Fsp3) is 0.368. The average Bonchev–Trinajstić information content (AvgIpc) is 3.56. The number of rotatable bonds is 18. The zero-order valence-corrected chi connectivity index (χ0v) is 24.7. The van der Waals surface area contributed by atoms with Gasteiger partial charge in [0.05, 0.1) is 12.2 Å². The number of carbonyl (C=O) groups excluding carboxylic acids is 1. The summed E-state index contributed by atoms with van der Waals surface area (Å²) in [6, 6.07) is 23.3. The van der Waals surface area contributed by atoms with Crippen molar-refractivity contribution in [2.45, 2.75) is 84.0 Å². The third-order valence-electron chi connectivity index (χ3n) is 7.64. The second-order valence-corrected chi connectivity index (χ2v) is 10.9. The van der Waals surface area contributed by atoms with E-state index in [-0.39, 0.29) is 5.97 Å². The standard InChI is InChI=1S/C38H45O3/c1-2-3-4-5-6-7-8-9-10-11-12-15-30-40-36-26-22-33(23-27-36)34-24-28-37(29-25-34)41-38(39)35-20-18-32(19-21-35)31-16-13-14-17-31/h13-14,16-29H,2-12,15,30H2,1H3. The summed E-state index contributed by atoms with van der Waals surface area (Å²) >= 11 is 0. The van der Waals surface area contributed by atoms with Gasteiger partial charge in [-0.1, -0.05) is 114 Å². The molecule has 1 aliphatic rings. The highest BCUT2D eigenvalue weighted by atomic mass is 16.5. The van der Waals surface area contributed by atoms with Gasteiger partial charge in [-0.3, -0.25) is 0 Å². The third-order valence-corrected chi connectivity index (χ3v) is 7.64. The van der Waals surface area contributed by atoms with Gasteiger partial charge in [0.2, 0.25) is 0 Å². The molecular weight excluding hydrogens is 504 g/mol. The first-order valence-electron chi connectivity index (χ1n) is 15.6. The number of unbranched alkanes of at least 4 members (excludes halogenated alkanes) is 11. The summed E-state index contributed by atoms with van der Waals surface area (Å²) in [6.07, 6.45) is 24.3. The summed E-state index contributed by atoms with van der Waals surface area (Å²) in [5, 5.41) is 0. The lowest BCUT2D eigenvalue weighted by Gasteiger charge is -2.10. The van der Waals surface area contributed by atoms with E-state index in [1.165, 1.54) is 70.6 Å². The topological polar surface area (TPSA) is 35.5 Å². The molecule has 5 radical (unpaired) electrons. The van der Waals surface area contributed by atoms with Crippen molar-refractivity contribution in [1.29, 1.82) is 0 Å². The van der Waals surface area contributed by atoms with E-state index in [0.29, 0.717) is 11.3 Å². The van der Waals surface area contributed by atoms with E-state index in [1.807, 2.05) is 61.4 Å². The normalized spacial score (nSPS) is 13.4. The van der Waals surface area contributed by atoms with Crippen molar-refractivity contribution >= 4 is 5.97 Å². The fourth-order valence-corrected chi connectivity index (χ4v) is 5.12. The number of hydrogen-bond acceptors (Lipinski definition) is 3. The smallest absolute Gasteiger partial charge is 0.343 e. The Morgan fingerprint density at radius 3 is 1.54 bits per heavy atom. The van der Waals surface area contributed by atoms with Crippen LogP contribution in [0.3, 0.4) is 0 Å². The molecule has 1 saturated carbocycles. The van der Waals surface area contributed by atoms with Gasteiger partial charge in [0.25, 0.3) is 0 Å². The lowest BCUT2D eigenvalue weighted by molar-refractivity contribution is 0.0734. The van der Waals surface area contributed by atoms with E-state index in [1.54, 1.807) is 12.1 Å². The predicted molar refractivity (Wildman–Crippen MR) is 169 cm³/mol. The molecule has 0 bridgehead atoms. The molecule has 3 heteroatoms. The van der Waals surface area contributed by atoms with Gasteiger partial charge < -0.3 is 9.47 Å². The van der Waals surface area contributed by atoms with Crippen LogP contribution in [0.25, 0.3) is 11.1 Å². The summed E-state index contributed by atoms with van der Waals surface area (Å²) < 4.78 is 11.6. The SMILES string of the molecule is CCCCCCCCCCCCCCOc1ccc(-c2ccc(OC(=O)c3ccc([C]4[CH][CH][CH][CH]4)cc3)cc2)cc1. The molecule has 0 saturated heterocycles. The van der Waals surface area contributed by atoms with Crippen molar-refractivity contribution in [3.8, 4) is 22.6 Å². The largest absolute Gasteiger partial charge is 0.494 e. The van der Waals surface area contributed by atoms with Gasteiger partial charge in [-0.2, -0.15) is 0 Å². The van der Waals surface area contributed by atoms with E-state index in [2.05, 4.69) is 31.9 Å². The maximum absolute atomic E-state index is 12.6. The zero-order chi connectivity index (χ0) is 28.5. The molecule has 3 aromatic rings. The third kappa shape index (κ3) is 10.7. The van der Waals surface area contributed by atoms with Gasteiger partial charge >= 0.3 is 5.97 Å². The van der Waals surface area contributed by atoms with Crippen LogP contribution < -0.4 is 9.47 Å². The van der Waals surface area contributed by atoms with E-state index in [9.17, 15) is 4.79 Å². The number of ether oxygens (including phenoxy) is 2. The van der Waals surface area contributed by atoms with E-state index in [4.69, 9.17) is 9.47 Å². The Morgan fingerprint density at radius 1 is 0.537 bits per heavy atom. The molecule has 0 aromatic heterocycles. The minimum Gasteiger partial charge on any atom is -0.494 e. The molecule has 0 heterocycles. The first-order valence-corrected chi connectivity index (χ1v) is 15.6. The minimum absolute atomic E-state index is 0.360. The van der Waals surface area contributed by atoms with Crippen molar-refractivity contribution in [2.75, 3.05) is 6.61 Å². The highest BCUT2D eigenvalue weighted by Crippen LogP contribution is 2.30. The molecule has 3 nitrogen and oxygen atoms in total. The number of benzene rings is 3. The highest BCUT2D eigenvalue weighted by molar-refractivity contribution is 5.91. The molecule has 0 atom stereocenters. The minimum atomic E-state index is -0.360. The molecule has 215 valence electrons. The monoisotopic (exact) mass is 549 g/mol. The van der Waals surface area contributed by atoms with Crippen LogP contribution in [0.15, 0.2) is 72.8 Å². The molecule has 0 unspecified atom stereocenters. The highest BCUT2D eigenvalue weighted by Gasteiger charge is 2.19. The summed E-state index contributed by atoms with van der Waals surface area (Å²) in [6.45, 7) is 3.05. The molecule has 4 rings (SSSR count). The second-order valence-electron chi connectivity index (χ2n) is 10.9. The molecule has 1 fully saturated rings. The van der Waals surface area contributed by atoms with Crippen LogP contribution in [0.5, 0.6) is 11.5 Å². The summed E-state index contributed by atoms with van der Waals surface area (Å²) in [4.78, 5) is 12.6. The Hall–Kier alpha value is -3.07. The first-order chi connectivity index (χ1) is 20.2. The van der Waals surface area contributed by atoms with E-state index < -0.39 is 0 Å². The Labute approximate surface area is 248 Å². The van der Waals surface area contributed by atoms with Gasteiger partial charge in [-0.15, -0.1) is 0 Å². The van der Waals surface area contributed by atoms with E-state index in [0.717, 1.165) is 41.4 Å². The van der Waals surface area contributed by atoms with Crippen molar-refractivity contribution in [3.63, 3.8) is 0 Å². The number of hydrogen-bond donors (Lipinski definition) is 0. The van der Waals surface area contributed by atoms with Crippen LogP contribution in [0, 0.1) is 31.6 Å². The molecular formula is C38H45O3. The Morgan fingerprint density at radius 2 is 1.00 bits per heavy atom. The second kappa shape index (κ2) is 17.7. The molecule has 0 N–H and O–H groups in total. The molecule has 3 aromatic carbocycles. The zero-order valence-electron chi connectivity index (χ0n) is 24.7. The number of esters is 1. The van der Waals surface area contributed by atoms with Crippen LogP contribution in [0.4, 0.5) is 0 Å². The van der Waals surface area contributed by atoms with Gasteiger partial charge in [-0.25, -0.2) is 4.79 Å². The molecule has 0 aliphatic heterocycles. The fourth-order valence-electron chi connectivity index (χ4n) is 5.12. The Balaban J connectivity index is 1.10. The summed E-state index contributed by atoms with van der Waals surface area (Å²) in [5.74, 6) is 2.22. The molecule has 0 spiro atoms. The predicted octanol–water partition coefficient (Wildman–Crippen LogP) is 10.4. The van der Waals surface area contributed by atoms with Crippen molar-refractivity contribution in [3.05, 3.63) is 116 Å². The maximum atomic E-state index is 12.6. The van der Waals surface area contributed by atoms with Crippen LogP contribution in [-0.2, 0) is 0 Å². The summed E-state index contributed by atoms with van der Waals surface area (Å²) in [7, 11) is 0. The van der Waals surface area contributed by atoms with Crippen molar-refractivity contribution in [1.82, 2.24) is 0 Å². The van der Waals surface area contributed by atoms with Gasteiger partial charge in [0.15, 0.2) is 0 Å². The van der Waals surface area contributed by atoms with Gasteiger partial charge in [0.1, 0.15) is 11.5 Å². The van der Waals surface area contributed by atoms with Crippen LogP contribution in [0.2, 0.25) is 0 Å². The van der Waals surface area contributed by atoms with Crippen molar-refractivity contribution < 1.29 is 14.3 Å².